The lowest BCUT2D eigenvalue weighted by Gasteiger charge is -2.37. The van der Waals surface area contributed by atoms with Crippen molar-refractivity contribution < 1.29 is 19.0 Å². The van der Waals surface area contributed by atoms with E-state index in [4.69, 9.17) is 14.2 Å². The molecule has 1 unspecified atom stereocenters. The highest BCUT2D eigenvalue weighted by Gasteiger charge is 2.38. The van der Waals surface area contributed by atoms with E-state index in [9.17, 15) is 4.79 Å². The molecule has 0 saturated carbocycles. The van der Waals surface area contributed by atoms with Gasteiger partial charge in [0.15, 0.2) is 5.60 Å². The van der Waals surface area contributed by atoms with Crippen LogP contribution in [-0.4, -0.2) is 25.7 Å². The van der Waals surface area contributed by atoms with Gasteiger partial charge in [-0.05, 0) is 119 Å². The third-order valence-electron chi connectivity index (χ3n) is 13.9. The van der Waals surface area contributed by atoms with Crippen LogP contribution in [0, 0.1) is 5.92 Å². The maximum atomic E-state index is 12.6. The Morgan fingerprint density at radius 1 is 0.621 bits per heavy atom. The van der Waals surface area contributed by atoms with Crippen molar-refractivity contribution in [2.45, 2.75) is 129 Å². The van der Waals surface area contributed by atoms with E-state index in [1.54, 1.807) is 0 Å². The van der Waals surface area contributed by atoms with Crippen LogP contribution in [0.25, 0.3) is 39.1 Å². The quantitative estimate of drug-likeness (QED) is 0.0386. The van der Waals surface area contributed by atoms with Crippen LogP contribution in [0.3, 0.4) is 0 Å². The first-order valence-electron chi connectivity index (χ1n) is 25.4. The summed E-state index contributed by atoms with van der Waals surface area (Å²) in [6, 6.07) is 45.2. The second-order valence-electron chi connectivity index (χ2n) is 18.9. The number of rotatable bonds is 22. The van der Waals surface area contributed by atoms with Gasteiger partial charge in [-0.15, -0.1) is 0 Å². The number of ether oxygens (including phenoxy) is 3. The first kappa shape index (κ1) is 46.7. The standard InChI is InChI=1S/C61H71NO4/c1-4-6-8-10-11-12-13-14-15-21-60(63)65-54-34-26-48(27-35-54)47-22-24-49(25-23-47)58-45-59-57(55-19-16-17-20-56(55)58)38-41-61(66-59,51-30-36-53(37-31-51)64-44-18-9-7-5-2)50-28-32-52(33-29-50)62-42-39-46(3)40-43-62/h16-17,19-20,22-38,41,45-46H,4-15,18,21,39-40,42-44H2,1-3H3. The fourth-order valence-electron chi connectivity index (χ4n) is 9.78. The zero-order valence-electron chi connectivity index (χ0n) is 39.9. The fraction of sp³-hybridized carbons (Fsp3) is 0.393. The molecule has 2 heterocycles. The van der Waals surface area contributed by atoms with E-state index in [1.165, 1.54) is 88.1 Å². The van der Waals surface area contributed by atoms with Gasteiger partial charge in [0.1, 0.15) is 17.2 Å². The molecule has 8 rings (SSSR count). The van der Waals surface area contributed by atoms with Crippen LogP contribution in [-0.2, 0) is 10.4 Å². The lowest BCUT2D eigenvalue weighted by atomic mass is 9.82. The normalized spacial score (nSPS) is 16.0. The Labute approximate surface area is 395 Å². The maximum absolute atomic E-state index is 12.6. The van der Waals surface area contributed by atoms with E-state index in [1.807, 2.05) is 24.3 Å². The SMILES string of the molecule is CCCCCCCCCCCC(=O)Oc1ccc(-c2ccc(-c3cc4c(c5ccccc35)C=CC(c3ccc(OCCCCCC)cc3)(c3ccc(N5CCC(C)CC5)cc3)O4)cc2)cc1. The van der Waals surface area contributed by atoms with Crippen molar-refractivity contribution in [1.29, 1.82) is 0 Å². The van der Waals surface area contributed by atoms with Gasteiger partial charge < -0.3 is 19.1 Å². The van der Waals surface area contributed by atoms with Crippen LogP contribution in [0.4, 0.5) is 5.69 Å². The second kappa shape index (κ2) is 23.1. The zero-order chi connectivity index (χ0) is 45.6. The molecule has 0 spiro atoms. The van der Waals surface area contributed by atoms with Gasteiger partial charge in [-0.25, -0.2) is 0 Å². The summed E-state index contributed by atoms with van der Waals surface area (Å²) in [5.74, 6) is 2.96. The number of benzene rings is 6. The number of piperidine rings is 1. The number of anilines is 1. The van der Waals surface area contributed by atoms with Crippen molar-refractivity contribution in [3.8, 4) is 39.5 Å². The number of fused-ring (bicyclic) bond motifs is 3. The molecule has 5 heteroatoms. The van der Waals surface area contributed by atoms with Gasteiger partial charge in [-0.3, -0.25) is 4.79 Å². The van der Waals surface area contributed by atoms with E-state index in [0.29, 0.717) is 12.2 Å². The van der Waals surface area contributed by atoms with Crippen LogP contribution in [0.2, 0.25) is 0 Å². The molecule has 2 aliphatic rings. The van der Waals surface area contributed by atoms with Crippen molar-refractivity contribution in [3.05, 3.63) is 150 Å². The highest BCUT2D eigenvalue weighted by atomic mass is 16.5. The number of unbranched alkanes of at least 4 members (excludes halogenated alkanes) is 11. The highest BCUT2D eigenvalue weighted by Crippen LogP contribution is 2.47. The molecule has 1 saturated heterocycles. The molecule has 1 fully saturated rings. The summed E-state index contributed by atoms with van der Waals surface area (Å²) in [6.45, 7) is 9.77. The topological polar surface area (TPSA) is 48.0 Å². The van der Waals surface area contributed by atoms with E-state index in [-0.39, 0.29) is 5.97 Å². The Hall–Kier alpha value is -5.81. The molecule has 5 nitrogen and oxygen atoms in total. The second-order valence-corrected chi connectivity index (χ2v) is 18.9. The van der Waals surface area contributed by atoms with Gasteiger partial charge >= 0.3 is 5.97 Å². The molecule has 66 heavy (non-hydrogen) atoms. The Morgan fingerprint density at radius 2 is 1.17 bits per heavy atom. The van der Waals surface area contributed by atoms with E-state index < -0.39 is 5.60 Å². The molecule has 0 aromatic heterocycles. The molecular weight excluding hydrogens is 811 g/mol. The molecule has 0 amide bonds. The van der Waals surface area contributed by atoms with Crippen molar-refractivity contribution in [2.75, 3.05) is 24.6 Å². The number of carbonyl (C=O) groups excluding carboxylic acids is 1. The Kier molecular flexibility index (Phi) is 16.3. The minimum Gasteiger partial charge on any atom is -0.494 e. The third kappa shape index (κ3) is 11.6. The molecule has 2 aliphatic heterocycles. The highest BCUT2D eigenvalue weighted by molar-refractivity contribution is 6.03. The molecular formula is C61H71NO4. The molecule has 0 radical (unpaired) electrons. The first-order chi connectivity index (χ1) is 32.4. The van der Waals surface area contributed by atoms with Crippen molar-refractivity contribution >= 4 is 28.5 Å². The van der Waals surface area contributed by atoms with Gasteiger partial charge in [0, 0.05) is 41.9 Å². The third-order valence-corrected chi connectivity index (χ3v) is 13.9. The van der Waals surface area contributed by atoms with Crippen molar-refractivity contribution in [3.63, 3.8) is 0 Å². The smallest absolute Gasteiger partial charge is 0.311 e. The van der Waals surface area contributed by atoms with Crippen LogP contribution in [0.5, 0.6) is 17.2 Å². The molecule has 344 valence electrons. The van der Waals surface area contributed by atoms with E-state index in [2.05, 4.69) is 141 Å². The van der Waals surface area contributed by atoms with Crippen molar-refractivity contribution in [1.82, 2.24) is 0 Å². The maximum Gasteiger partial charge on any atom is 0.311 e. The van der Waals surface area contributed by atoms with E-state index in [0.717, 1.165) is 101 Å². The van der Waals surface area contributed by atoms with Gasteiger partial charge in [0.2, 0.25) is 0 Å². The van der Waals surface area contributed by atoms with Crippen LogP contribution < -0.4 is 19.1 Å². The lowest BCUT2D eigenvalue weighted by Crippen LogP contribution is -2.35. The fourth-order valence-corrected chi connectivity index (χ4v) is 9.78. The Balaban J connectivity index is 1.01. The number of carbonyl (C=O) groups is 1. The molecule has 0 aliphatic carbocycles. The molecule has 0 N–H and O–H groups in total. The summed E-state index contributed by atoms with van der Waals surface area (Å²) >= 11 is 0. The largest absolute Gasteiger partial charge is 0.494 e. The summed E-state index contributed by atoms with van der Waals surface area (Å²) in [7, 11) is 0. The van der Waals surface area contributed by atoms with Gasteiger partial charge in [-0.2, -0.15) is 0 Å². The molecule has 1 atom stereocenters. The predicted octanol–water partition coefficient (Wildman–Crippen LogP) is 16.5. The zero-order valence-corrected chi connectivity index (χ0v) is 39.9. The van der Waals surface area contributed by atoms with Gasteiger partial charge in [-0.1, -0.05) is 176 Å². The lowest BCUT2D eigenvalue weighted by molar-refractivity contribution is -0.134. The summed E-state index contributed by atoms with van der Waals surface area (Å²) in [4.78, 5) is 15.1. The monoisotopic (exact) mass is 882 g/mol. The van der Waals surface area contributed by atoms with Gasteiger partial charge in [0.05, 0.1) is 6.61 Å². The minimum absolute atomic E-state index is 0.152. The molecule has 6 aromatic rings. The number of esters is 1. The van der Waals surface area contributed by atoms with Crippen LogP contribution in [0.15, 0.2) is 133 Å². The van der Waals surface area contributed by atoms with E-state index >= 15 is 0 Å². The summed E-state index contributed by atoms with van der Waals surface area (Å²) in [5, 5.41) is 2.34. The number of hydrogen-bond acceptors (Lipinski definition) is 5. The number of hydrogen-bond donors (Lipinski definition) is 0. The van der Waals surface area contributed by atoms with Crippen LogP contribution >= 0.6 is 0 Å². The minimum atomic E-state index is -0.848. The molecule has 6 aromatic carbocycles. The average Bonchev–Trinajstić information content (AvgIpc) is 3.36. The summed E-state index contributed by atoms with van der Waals surface area (Å²) < 4.78 is 19.3. The summed E-state index contributed by atoms with van der Waals surface area (Å²) in [5.41, 5.74) is 8.06. The van der Waals surface area contributed by atoms with Crippen molar-refractivity contribution in [2.24, 2.45) is 5.92 Å². The first-order valence-corrected chi connectivity index (χ1v) is 25.4. The Morgan fingerprint density at radius 3 is 1.82 bits per heavy atom. The molecule has 0 bridgehead atoms. The Bertz CT molecular complexity index is 2480. The van der Waals surface area contributed by atoms with Crippen LogP contribution in [0.1, 0.15) is 140 Å². The average molecular weight is 882 g/mol. The van der Waals surface area contributed by atoms with Gasteiger partial charge in [0.25, 0.3) is 0 Å². The summed E-state index contributed by atoms with van der Waals surface area (Å²) in [6.07, 6.45) is 23.2. The number of nitrogens with zero attached hydrogens (tertiary/aromatic N) is 1. The predicted molar refractivity (Wildman–Crippen MR) is 276 cm³/mol.